The quantitative estimate of drug-likeness (QED) is 0.251. The zero-order valence-corrected chi connectivity index (χ0v) is 2.89. The van der Waals surface area contributed by atoms with E-state index in [0.717, 1.165) is 0 Å². The molecule has 0 spiro atoms. The van der Waals surface area contributed by atoms with Crippen LogP contribution in [0.5, 0.6) is 0 Å². The van der Waals surface area contributed by atoms with Crippen molar-refractivity contribution in [2.45, 2.75) is 0 Å². The van der Waals surface area contributed by atoms with E-state index in [1.165, 1.54) is 7.11 Å². The van der Waals surface area contributed by atoms with Gasteiger partial charge < -0.3 is 0 Å². The molecule has 0 atom stereocenters. The second-order valence-corrected chi connectivity index (χ2v) is 0.368. The number of hydrogen-bond donors (Lipinski definition) is 2. The fourth-order valence-corrected chi connectivity index (χ4v) is 0.0481. The van der Waals surface area contributed by atoms with E-state index in [1.54, 1.807) is 5.59 Å². The molecular formula is CH6N2O2. The van der Waals surface area contributed by atoms with Gasteiger partial charge in [-0.05, 0) is 0 Å². The summed E-state index contributed by atoms with van der Waals surface area (Å²) in [7, 11) is 1.35. The van der Waals surface area contributed by atoms with Crippen LogP contribution < -0.4 is 11.4 Å². The van der Waals surface area contributed by atoms with Crippen molar-refractivity contribution in [3.8, 4) is 0 Å². The molecule has 0 fully saturated rings. The smallest absolute Gasteiger partial charge is 0.0733 e. The Labute approximate surface area is 29.7 Å². The van der Waals surface area contributed by atoms with E-state index in [9.17, 15) is 0 Å². The fourth-order valence-electron chi connectivity index (χ4n) is 0.0481. The number of nitrogens with two attached hydrogens (primary N) is 1. The van der Waals surface area contributed by atoms with Gasteiger partial charge in [-0.3, -0.25) is 0 Å². The van der Waals surface area contributed by atoms with Crippen LogP contribution >= 0.6 is 0 Å². The van der Waals surface area contributed by atoms with Crippen LogP contribution in [-0.4, -0.2) is 7.11 Å². The minimum Gasteiger partial charge on any atom is -0.245 e. The highest BCUT2D eigenvalue weighted by atomic mass is 17.3. The third-order valence-electron chi connectivity index (χ3n) is 0.131. The summed E-state index contributed by atoms with van der Waals surface area (Å²) in [6.45, 7) is 0. The summed E-state index contributed by atoms with van der Waals surface area (Å²) >= 11 is 0. The Morgan fingerprint density at radius 2 is 2.40 bits per heavy atom. The Morgan fingerprint density at radius 1 is 1.80 bits per heavy atom. The van der Waals surface area contributed by atoms with Crippen LogP contribution in [0.25, 0.3) is 0 Å². The summed E-state index contributed by atoms with van der Waals surface area (Å²) in [5.74, 6) is 4.54. The van der Waals surface area contributed by atoms with Crippen molar-refractivity contribution in [2.75, 3.05) is 7.11 Å². The molecule has 0 rings (SSSR count). The Morgan fingerprint density at radius 3 is 2.40 bits per heavy atom. The molecule has 4 heteroatoms. The van der Waals surface area contributed by atoms with Crippen molar-refractivity contribution in [2.24, 2.45) is 5.84 Å². The molecule has 0 unspecified atom stereocenters. The molecule has 0 saturated carbocycles. The number of hydrazine groups is 1. The van der Waals surface area contributed by atoms with E-state index in [4.69, 9.17) is 0 Å². The second kappa shape index (κ2) is 3.84. The predicted molar refractivity (Wildman–Crippen MR) is 15.4 cm³/mol. The van der Waals surface area contributed by atoms with Crippen molar-refractivity contribution in [3.05, 3.63) is 0 Å². The minimum absolute atomic E-state index is 1.35. The maximum Gasteiger partial charge on any atom is 0.0733 e. The Balaban J connectivity index is 2.19. The Hall–Kier alpha value is -0.160. The molecule has 0 aromatic carbocycles. The molecule has 32 valence electrons. The summed E-state index contributed by atoms with van der Waals surface area (Å²) in [6, 6.07) is 0. The van der Waals surface area contributed by atoms with E-state index in [0.29, 0.717) is 0 Å². The van der Waals surface area contributed by atoms with Gasteiger partial charge in [-0.2, -0.15) is 0 Å². The van der Waals surface area contributed by atoms with Gasteiger partial charge in [0.05, 0.1) is 7.11 Å². The minimum atomic E-state index is 1.35. The summed E-state index contributed by atoms with van der Waals surface area (Å²) in [5, 5.41) is 0. The molecule has 0 radical (unpaired) electrons. The topological polar surface area (TPSA) is 56.5 Å². The molecule has 0 aromatic rings. The first-order valence-corrected chi connectivity index (χ1v) is 1.07. The van der Waals surface area contributed by atoms with Gasteiger partial charge in [0, 0.05) is 0 Å². The summed E-state index contributed by atoms with van der Waals surface area (Å²) in [6.07, 6.45) is 0. The van der Waals surface area contributed by atoms with Crippen LogP contribution in [0.3, 0.4) is 0 Å². The second-order valence-electron chi connectivity index (χ2n) is 0.368. The third kappa shape index (κ3) is 3.84. The molecule has 0 aliphatic heterocycles. The average Bonchev–Trinajstić information content (AvgIpc) is 1.41. The van der Waals surface area contributed by atoms with Crippen LogP contribution in [0.4, 0.5) is 0 Å². The van der Waals surface area contributed by atoms with Crippen LogP contribution in [0.15, 0.2) is 0 Å². The van der Waals surface area contributed by atoms with Crippen molar-refractivity contribution >= 4 is 0 Å². The molecule has 0 heterocycles. The van der Waals surface area contributed by atoms with Gasteiger partial charge in [0.2, 0.25) is 0 Å². The molecule has 0 saturated heterocycles. The SMILES string of the molecule is COONN. The van der Waals surface area contributed by atoms with E-state index < -0.39 is 0 Å². The predicted octanol–water partition coefficient (Wildman–Crippen LogP) is -1.06. The highest BCUT2D eigenvalue weighted by Crippen LogP contribution is 1.50. The standard InChI is InChI=1S/CH6N2O2/c1-4-5-3-2/h3H,2H2,1H3. The first-order valence-electron chi connectivity index (χ1n) is 1.07. The van der Waals surface area contributed by atoms with E-state index >= 15 is 0 Å². The normalized spacial score (nSPS) is 8.40. The van der Waals surface area contributed by atoms with Crippen LogP contribution in [0.2, 0.25) is 0 Å². The van der Waals surface area contributed by atoms with Gasteiger partial charge in [0.25, 0.3) is 0 Å². The van der Waals surface area contributed by atoms with Crippen molar-refractivity contribution in [3.63, 3.8) is 0 Å². The maximum atomic E-state index is 4.54. The first kappa shape index (κ1) is 4.84. The molecule has 0 aliphatic rings. The van der Waals surface area contributed by atoms with E-state index in [1.807, 2.05) is 0 Å². The zero-order valence-electron chi connectivity index (χ0n) is 2.89. The largest absolute Gasteiger partial charge is 0.245 e. The zero-order chi connectivity index (χ0) is 4.12. The third-order valence-corrected chi connectivity index (χ3v) is 0.131. The van der Waals surface area contributed by atoms with Gasteiger partial charge in [0.1, 0.15) is 0 Å². The monoisotopic (exact) mass is 78.0 g/mol. The lowest BCUT2D eigenvalue weighted by molar-refractivity contribution is -0.318. The Bertz CT molecular complexity index is 15.1. The molecule has 3 N–H and O–H groups in total. The van der Waals surface area contributed by atoms with Gasteiger partial charge in [-0.25, -0.2) is 10.7 Å². The molecule has 5 heavy (non-hydrogen) atoms. The van der Waals surface area contributed by atoms with Gasteiger partial charge in [0.15, 0.2) is 0 Å². The lowest BCUT2D eigenvalue weighted by atomic mass is 11.8. The van der Waals surface area contributed by atoms with Crippen molar-refractivity contribution in [1.29, 1.82) is 0 Å². The summed E-state index contributed by atoms with van der Waals surface area (Å²) in [4.78, 5) is 7.82. The molecule has 0 bridgehead atoms. The highest BCUT2D eigenvalue weighted by molar-refractivity contribution is 3.56. The molecule has 0 amide bonds. The maximum absolute atomic E-state index is 4.54. The van der Waals surface area contributed by atoms with Crippen molar-refractivity contribution in [1.82, 2.24) is 5.59 Å². The summed E-state index contributed by atoms with van der Waals surface area (Å²) in [5.41, 5.74) is 1.80. The fraction of sp³-hybridized carbons (Fsp3) is 1.00. The lowest BCUT2D eigenvalue weighted by Crippen LogP contribution is -2.21. The Kier molecular flexibility index (Phi) is 3.72. The lowest BCUT2D eigenvalue weighted by Gasteiger charge is -1.87. The molecule has 0 aliphatic carbocycles. The molecular weight excluding hydrogens is 72.0 g/mol. The number of rotatable bonds is 2. The average molecular weight is 78.1 g/mol. The van der Waals surface area contributed by atoms with Gasteiger partial charge in [-0.15, -0.1) is 10.6 Å². The number of nitrogens with one attached hydrogen (secondary N) is 1. The van der Waals surface area contributed by atoms with Crippen molar-refractivity contribution < 1.29 is 9.88 Å². The number of hydrogen-bond acceptors (Lipinski definition) is 4. The molecule has 0 aromatic heterocycles. The first-order chi connectivity index (χ1) is 2.41. The van der Waals surface area contributed by atoms with Gasteiger partial charge in [-0.1, -0.05) is 0 Å². The molecule has 4 nitrogen and oxygen atoms in total. The summed E-state index contributed by atoms with van der Waals surface area (Å²) < 4.78 is 0. The van der Waals surface area contributed by atoms with Crippen LogP contribution in [-0.2, 0) is 9.88 Å². The van der Waals surface area contributed by atoms with E-state index in [2.05, 4.69) is 15.7 Å². The van der Waals surface area contributed by atoms with Crippen LogP contribution in [0, 0.1) is 0 Å². The highest BCUT2D eigenvalue weighted by Gasteiger charge is 1.60. The van der Waals surface area contributed by atoms with E-state index in [-0.39, 0.29) is 0 Å². The van der Waals surface area contributed by atoms with Gasteiger partial charge >= 0.3 is 0 Å². The van der Waals surface area contributed by atoms with Crippen LogP contribution in [0.1, 0.15) is 0 Å².